The first-order valence-electron chi connectivity index (χ1n) is 5.31. The molecule has 1 aromatic rings. The predicted octanol–water partition coefficient (Wildman–Crippen LogP) is 1.54. The minimum Gasteiger partial charge on any atom is -0.348 e. The highest BCUT2D eigenvalue weighted by Crippen LogP contribution is 2.05. The maximum atomic E-state index is 12.7. The molecule has 0 saturated heterocycles. The molecule has 1 amide bonds. The molecule has 0 bridgehead atoms. The van der Waals surface area contributed by atoms with Gasteiger partial charge >= 0.3 is 0 Å². The highest BCUT2D eigenvalue weighted by atomic mass is 19.1. The summed E-state index contributed by atoms with van der Waals surface area (Å²) in [5.41, 5.74) is 5.99. The Morgan fingerprint density at radius 2 is 1.94 bits per heavy atom. The molecule has 0 fully saturated rings. The summed E-state index contributed by atoms with van der Waals surface area (Å²) in [7, 11) is 0. The van der Waals surface area contributed by atoms with E-state index in [1.54, 1.807) is 0 Å². The van der Waals surface area contributed by atoms with E-state index in [-0.39, 0.29) is 23.7 Å². The Hall–Kier alpha value is -1.42. The van der Waals surface area contributed by atoms with Crippen LogP contribution in [-0.2, 0) is 0 Å². The van der Waals surface area contributed by atoms with E-state index in [2.05, 4.69) is 5.32 Å². The van der Waals surface area contributed by atoms with Gasteiger partial charge in [0.2, 0.25) is 0 Å². The summed E-state index contributed by atoms with van der Waals surface area (Å²) in [5, 5.41) is 2.82. The van der Waals surface area contributed by atoms with Crippen molar-refractivity contribution < 1.29 is 9.18 Å². The summed E-state index contributed by atoms with van der Waals surface area (Å²) in [5.74, 6) is -0.297. The van der Waals surface area contributed by atoms with Crippen LogP contribution in [0.3, 0.4) is 0 Å². The zero-order valence-electron chi connectivity index (χ0n) is 9.53. The number of nitrogens with two attached hydrogens (primary N) is 1. The van der Waals surface area contributed by atoms with Crippen LogP contribution in [0, 0.1) is 11.7 Å². The molecule has 1 aromatic carbocycles. The Labute approximate surface area is 94.8 Å². The Morgan fingerprint density at radius 1 is 1.38 bits per heavy atom. The monoisotopic (exact) mass is 224 g/mol. The molecule has 3 nitrogen and oxygen atoms in total. The normalized spacial score (nSPS) is 12.6. The van der Waals surface area contributed by atoms with E-state index in [1.807, 2.05) is 13.8 Å². The zero-order chi connectivity index (χ0) is 12.1. The molecule has 0 aliphatic rings. The molecule has 0 aliphatic heterocycles. The summed E-state index contributed by atoms with van der Waals surface area (Å²) in [6.45, 7) is 4.37. The molecule has 0 saturated carbocycles. The van der Waals surface area contributed by atoms with E-state index in [0.717, 1.165) is 0 Å². The topological polar surface area (TPSA) is 55.1 Å². The summed E-state index contributed by atoms with van der Waals surface area (Å²) in [6, 6.07) is 5.39. The number of amides is 1. The summed E-state index contributed by atoms with van der Waals surface area (Å²) in [4.78, 5) is 11.7. The molecule has 0 aliphatic carbocycles. The van der Waals surface area contributed by atoms with Crippen LogP contribution in [0.4, 0.5) is 4.39 Å². The molecule has 88 valence electrons. The van der Waals surface area contributed by atoms with Crippen molar-refractivity contribution in [3.8, 4) is 0 Å². The fourth-order valence-electron chi connectivity index (χ4n) is 1.35. The average molecular weight is 224 g/mol. The lowest BCUT2D eigenvalue weighted by Gasteiger charge is -2.20. The number of halogens is 1. The highest BCUT2D eigenvalue weighted by Gasteiger charge is 2.15. The molecule has 1 atom stereocenters. The van der Waals surface area contributed by atoms with Gasteiger partial charge in [-0.2, -0.15) is 0 Å². The van der Waals surface area contributed by atoms with Gasteiger partial charge in [0.15, 0.2) is 0 Å². The van der Waals surface area contributed by atoms with Gasteiger partial charge in [-0.05, 0) is 30.2 Å². The quantitative estimate of drug-likeness (QED) is 0.815. The smallest absolute Gasteiger partial charge is 0.251 e. The maximum Gasteiger partial charge on any atom is 0.251 e. The lowest BCUT2D eigenvalue weighted by atomic mass is 10.0. The van der Waals surface area contributed by atoms with Crippen LogP contribution in [0.5, 0.6) is 0 Å². The first-order chi connectivity index (χ1) is 7.54. The summed E-state index contributed by atoms with van der Waals surface area (Å²) in [6.07, 6.45) is 0. The molecular weight excluding hydrogens is 207 g/mol. The lowest BCUT2D eigenvalue weighted by Crippen LogP contribution is -2.43. The van der Waals surface area contributed by atoms with E-state index in [1.165, 1.54) is 24.3 Å². The molecule has 0 spiro atoms. The van der Waals surface area contributed by atoms with Crippen LogP contribution >= 0.6 is 0 Å². The second kappa shape index (κ2) is 5.61. The van der Waals surface area contributed by atoms with Crippen molar-refractivity contribution in [1.29, 1.82) is 0 Å². The number of carbonyl (C=O) groups excluding carboxylic acids is 1. The number of rotatable bonds is 4. The average Bonchev–Trinajstić information content (AvgIpc) is 2.26. The Morgan fingerprint density at radius 3 is 2.38 bits per heavy atom. The van der Waals surface area contributed by atoms with E-state index >= 15 is 0 Å². The number of nitrogens with one attached hydrogen (secondary N) is 1. The van der Waals surface area contributed by atoms with Gasteiger partial charge in [0.1, 0.15) is 5.82 Å². The molecule has 0 aromatic heterocycles. The van der Waals surface area contributed by atoms with Crippen LogP contribution in [0.25, 0.3) is 0 Å². The Kier molecular flexibility index (Phi) is 4.43. The first kappa shape index (κ1) is 12.6. The maximum absolute atomic E-state index is 12.7. The van der Waals surface area contributed by atoms with Crippen LogP contribution in [0.2, 0.25) is 0 Å². The van der Waals surface area contributed by atoms with Gasteiger partial charge in [0.05, 0.1) is 0 Å². The van der Waals surface area contributed by atoms with Gasteiger partial charge in [-0.25, -0.2) is 4.39 Å². The number of benzene rings is 1. The van der Waals surface area contributed by atoms with E-state index in [4.69, 9.17) is 5.73 Å². The minimum atomic E-state index is -0.351. The molecule has 0 radical (unpaired) electrons. The predicted molar refractivity (Wildman–Crippen MR) is 61.5 cm³/mol. The molecule has 3 N–H and O–H groups in total. The van der Waals surface area contributed by atoms with Crippen molar-refractivity contribution in [2.45, 2.75) is 19.9 Å². The van der Waals surface area contributed by atoms with Crippen LogP contribution in [0.1, 0.15) is 24.2 Å². The Bertz CT molecular complexity index is 349. The van der Waals surface area contributed by atoms with Gasteiger partial charge in [-0.3, -0.25) is 4.79 Å². The number of carbonyl (C=O) groups is 1. The van der Waals surface area contributed by atoms with Crippen molar-refractivity contribution in [3.05, 3.63) is 35.6 Å². The highest BCUT2D eigenvalue weighted by molar-refractivity contribution is 5.94. The molecule has 4 heteroatoms. The SMILES string of the molecule is CC(C)C(CN)NC(=O)c1ccc(F)cc1. The van der Waals surface area contributed by atoms with Crippen molar-refractivity contribution in [1.82, 2.24) is 5.32 Å². The minimum absolute atomic E-state index is 0.0578. The molecule has 1 unspecified atom stereocenters. The fourth-order valence-corrected chi connectivity index (χ4v) is 1.35. The van der Waals surface area contributed by atoms with Gasteiger partial charge < -0.3 is 11.1 Å². The van der Waals surface area contributed by atoms with Gasteiger partial charge in [0, 0.05) is 18.2 Å². The van der Waals surface area contributed by atoms with Gasteiger partial charge in [0.25, 0.3) is 5.91 Å². The molecular formula is C12H17FN2O. The third kappa shape index (κ3) is 3.31. The van der Waals surface area contributed by atoms with Crippen LogP contribution in [0.15, 0.2) is 24.3 Å². The zero-order valence-corrected chi connectivity index (χ0v) is 9.53. The third-order valence-corrected chi connectivity index (χ3v) is 2.48. The summed E-state index contributed by atoms with van der Waals surface area (Å²) >= 11 is 0. The fraction of sp³-hybridized carbons (Fsp3) is 0.417. The van der Waals surface area contributed by atoms with Crippen molar-refractivity contribution in [2.24, 2.45) is 11.7 Å². The second-order valence-electron chi connectivity index (χ2n) is 4.07. The van der Waals surface area contributed by atoms with E-state index in [0.29, 0.717) is 12.1 Å². The molecule has 0 heterocycles. The largest absolute Gasteiger partial charge is 0.348 e. The third-order valence-electron chi connectivity index (χ3n) is 2.48. The van der Waals surface area contributed by atoms with Gasteiger partial charge in [-0.15, -0.1) is 0 Å². The standard InChI is InChI=1S/C12H17FN2O/c1-8(2)11(7-14)15-12(16)9-3-5-10(13)6-4-9/h3-6,8,11H,7,14H2,1-2H3,(H,15,16). The summed E-state index contributed by atoms with van der Waals surface area (Å²) < 4.78 is 12.7. The van der Waals surface area contributed by atoms with E-state index in [9.17, 15) is 9.18 Å². The van der Waals surface area contributed by atoms with Crippen molar-refractivity contribution >= 4 is 5.91 Å². The first-order valence-corrected chi connectivity index (χ1v) is 5.31. The molecule has 16 heavy (non-hydrogen) atoms. The van der Waals surface area contributed by atoms with Crippen LogP contribution in [-0.4, -0.2) is 18.5 Å². The van der Waals surface area contributed by atoms with Crippen LogP contribution < -0.4 is 11.1 Å². The molecule has 1 rings (SSSR count). The lowest BCUT2D eigenvalue weighted by molar-refractivity contribution is 0.0927. The van der Waals surface area contributed by atoms with Crippen molar-refractivity contribution in [3.63, 3.8) is 0 Å². The van der Waals surface area contributed by atoms with E-state index < -0.39 is 0 Å². The number of hydrogen-bond acceptors (Lipinski definition) is 2. The van der Waals surface area contributed by atoms with Crippen molar-refractivity contribution in [2.75, 3.05) is 6.54 Å². The van der Waals surface area contributed by atoms with Gasteiger partial charge in [-0.1, -0.05) is 13.8 Å². The Balaban J connectivity index is 2.68. The second-order valence-corrected chi connectivity index (χ2v) is 4.07. The number of hydrogen-bond donors (Lipinski definition) is 2.